The van der Waals surface area contributed by atoms with Crippen molar-refractivity contribution in [3.8, 4) is 0 Å². The molecule has 0 saturated heterocycles. The Balaban J connectivity index is 2.77. The first-order valence-corrected chi connectivity index (χ1v) is 6.31. The summed E-state index contributed by atoms with van der Waals surface area (Å²) in [5.74, 6) is -0.0920. The van der Waals surface area contributed by atoms with Crippen LogP contribution in [0.4, 0.5) is 10.6 Å². The van der Waals surface area contributed by atoms with Gasteiger partial charge >= 0.3 is 12.0 Å². The molecule has 0 bridgehead atoms. The highest BCUT2D eigenvalue weighted by atomic mass is 16.5. The molecule has 1 heterocycles. The molecule has 0 aliphatic heterocycles. The van der Waals surface area contributed by atoms with E-state index < -0.39 is 5.97 Å². The third kappa shape index (κ3) is 4.24. The molecule has 0 aliphatic rings. The van der Waals surface area contributed by atoms with E-state index >= 15 is 0 Å². The summed E-state index contributed by atoms with van der Waals surface area (Å²) in [6.07, 6.45) is 1.46. The van der Waals surface area contributed by atoms with Crippen LogP contribution >= 0.6 is 0 Å². The normalized spacial score (nSPS) is 9.84. The average Bonchev–Trinajstić information content (AvgIpc) is 2.40. The van der Waals surface area contributed by atoms with Gasteiger partial charge in [-0.15, -0.1) is 0 Å². The third-order valence-corrected chi connectivity index (χ3v) is 2.56. The van der Waals surface area contributed by atoms with E-state index in [1.807, 2.05) is 13.8 Å². The highest BCUT2D eigenvalue weighted by Gasteiger charge is 2.12. The Morgan fingerprint density at radius 2 is 2.00 bits per heavy atom. The van der Waals surface area contributed by atoms with Gasteiger partial charge in [-0.25, -0.2) is 14.6 Å². The third-order valence-electron chi connectivity index (χ3n) is 2.56. The van der Waals surface area contributed by atoms with Crippen LogP contribution in [0.3, 0.4) is 0 Å². The molecule has 1 aromatic rings. The molecule has 0 fully saturated rings. The molecule has 1 aromatic heterocycles. The molecule has 0 spiro atoms. The van der Waals surface area contributed by atoms with Crippen molar-refractivity contribution in [1.29, 1.82) is 0 Å². The summed E-state index contributed by atoms with van der Waals surface area (Å²) >= 11 is 0. The Labute approximate surface area is 112 Å². The highest BCUT2D eigenvalue weighted by molar-refractivity contribution is 5.92. The molecule has 104 valence electrons. The largest absolute Gasteiger partial charge is 0.462 e. The first-order valence-electron chi connectivity index (χ1n) is 6.31. The molecule has 1 N–H and O–H groups in total. The van der Waals surface area contributed by atoms with E-state index in [0.29, 0.717) is 31.1 Å². The van der Waals surface area contributed by atoms with E-state index in [4.69, 9.17) is 4.74 Å². The Kier molecular flexibility index (Phi) is 5.78. The molecule has 0 radical (unpaired) electrons. The van der Waals surface area contributed by atoms with Gasteiger partial charge in [0.05, 0.1) is 12.2 Å². The fourth-order valence-corrected chi connectivity index (χ4v) is 1.54. The van der Waals surface area contributed by atoms with Gasteiger partial charge in [-0.1, -0.05) is 0 Å². The number of carbonyl (C=O) groups excluding carboxylic acids is 2. The predicted octanol–water partition coefficient (Wildman–Crippen LogP) is 2.13. The fraction of sp³-hybridized carbons (Fsp3) is 0.462. The summed E-state index contributed by atoms with van der Waals surface area (Å²) in [4.78, 5) is 29.0. The predicted molar refractivity (Wildman–Crippen MR) is 72.1 cm³/mol. The van der Waals surface area contributed by atoms with Crippen LogP contribution in [0.5, 0.6) is 0 Å². The Bertz CT molecular complexity index is 445. The van der Waals surface area contributed by atoms with Crippen molar-refractivity contribution in [3.63, 3.8) is 0 Å². The summed E-state index contributed by atoms with van der Waals surface area (Å²) in [5, 5.41) is 2.65. The molecule has 2 amide bonds. The number of urea groups is 1. The van der Waals surface area contributed by atoms with Crippen LogP contribution in [0.25, 0.3) is 0 Å². The lowest BCUT2D eigenvalue weighted by atomic mass is 10.2. The molecule has 0 aromatic carbocycles. The number of pyridine rings is 1. The molecule has 0 aliphatic carbocycles. The molecule has 0 saturated carbocycles. The van der Waals surface area contributed by atoms with Gasteiger partial charge in [-0.2, -0.15) is 0 Å². The van der Waals surface area contributed by atoms with Gasteiger partial charge in [0.15, 0.2) is 0 Å². The van der Waals surface area contributed by atoms with E-state index in [1.165, 1.54) is 12.3 Å². The molecular weight excluding hydrogens is 246 g/mol. The number of hydrogen-bond acceptors (Lipinski definition) is 4. The van der Waals surface area contributed by atoms with Gasteiger partial charge in [0.1, 0.15) is 5.82 Å². The lowest BCUT2D eigenvalue weighted by molar-refractivity contribution is 0.0526. The van der Waals surface area contributed by atoms with Crippen molar-refractivity contribution >= 4 is 17.8 Å². The summed E-state index contributed by atoms with van der Waals surface area (Å²) < 4.78 is 4.89. The number of nitrogens with one attached hydrogen (secondary N) is 1. The van der Waals surface area contributed by atoms with Crippen LogP contribution in [-0.2, 0) is 4.74 Å². The number of aromatic nitrogens is 1. The lowest BCUT2D eigenvalue weighted by Crippen LogP contribution is -2.34. The molecular formula is C13H19N3O3. The number of amides is 2. The van der Waals surface area contributed by atoms with Crippen LogP contribution in [0.2, 0.25) is 0 Å². The molecule has 0 unspecified atom stereocenters. The second-order valence-electron chi connectivity index (χ2n) is 3.75. The van der Waals surface area contributed by atoms with Crippen LogP contribution in [0.15, 0.2) is 18.3 Å². The Morgan fingerprint density at radius 3 is 2.58 bits per heavy atom. The van der Waals surface area contributed by atoms with Crippen molar-refractivity contribution in [2.45, 2.75) is 20.8 Å². The minimum absolute atomic E-state index is 0.237. The number of carbonyl (C=O) groups is 2. The zero-order valence-electron chi connectivity index (χ0n) is 11.5. The minimum Gasteiger partial charge on any atom is -0.462 e. The van der Waals surface area contributed by atoms with Crippen molar-refractivity contribution in [3.05, 3.63) is 23.9 Å². The topological polar surface area (TPSA) is 71.5 Å². The van der Waals surface area contributed by atoms with E-state index in [2.05, 4.69) is 10.3 Å². The summed E-state index contributed by atoms with van der Waals surface area (Å²) in [6, 6.07) is 2.81. The molecule has 1 rings (SSSR count). The smallest absolute Gasteiger partial charge is 0.338 e. The second-order valence-corrected chi connectivity index (χ2v) is 3.75. The average molecular weight is 265 g/mol. The van der Waals surface area contributed by atoms with Gasteiger partial charge < -0.3 is 9.64 Å². The standard InChI is InChI=1S/C13H19N3O3/c1-4-16(5-2)13(18)15-11-9-10(7-8-14-11)12(17)19-6-3/h7-9H,4-6H2,1-3H3,(H,14,15,18). The second kappa shape index (κ2) is 7.35. The van der Waals surface area contributed by atoms with Crippen molar-refractivity contribution < 1.29 is 14.3 Å². The first kappa shape index (κ1) is 14.9. The van der Waals surface area contributed by atoms with Crippen molar-refractivity contribution in [2.75, 3.05) is 25.0 Å². The fourth-order valence-electron chi connectivity index (χ4n) is 1.54. The Hall–Kier alpha value is -2.11. The quantitative estimate of drug-likeness (QED) is 0.828. The molecule has 6 heteroatoms. The van der Waals surface area contributed by atoms with Gasteiger partial charge in [0.2, 0.25) is 0 Å². The first-order chi connectivity index (χ1) is 9.12. The van der Waals surface area contributed by atoms with Crippen LogP contribution in [-0.4, -0.2) is 41.6 Å². The van der Waals surface area contributed by atoms with E-state index in [1.54, 1.807) is 17.9 Å². The van der Waals surface area contributed by atoms with Gasteiger partial charge in [0, 0.05) is 19.3 Å². The number of esters is 1. The monoisotopic (exact) mass is 265 g/mol. The zero-order valence-corrected chi connectivity index (χ0v) is 11.5. The number of ether oxygens (including phenoxy) is 1. The highest BCUT2D eigenvalue weighted by Crippen LogP contribution is 2.09. The minimum atomic E-state index is -0.428. The van der Waals surface area contributed by atoms with E-state index in [-0.39, 0.29) is 6.03 Å². The van der Waals surface area contributed by atoms with Crippen LogP contribution in [0, 0.1) is 0 Å². The molecule has 6 nitrogen and oxygen atoms in total. The number of rotatable bonds is 5. The summed E-state index contributed by atoms with van der Waals surface area (Å²) in [5.41, 5.74) is 0.367. The van der Waals surface area contributed by atoms with Gasteiger partial charge in [0.25, 0.3) is 0 Å². The summed E-state index contributed by atoms with van der Waals surface area (Å²) in [7, 11) is 0. The van der Waals surface area contributed by atoms with Gasteiger partial charge in [-0.05, 0) is 32.9 Å². The SMILES string of the molecule is CCOC(=O)c1ccnc(NC(=O)N(CC)CC)c1. The molecule has 0 atom stereocenters. The Morgan fingerprint density at radius 1 is 1.32 bits per heavy atom. The lowest BCUT2D eigenvalue weighted by Gasteiger charge is -2.18. The number of nitrogens with zero attached hydrogens (tertiary/aromatic N) is 2. The van der Waals surface area contributed by atoms with Crippen molar-refractivity contribution in [2.24, 2.45) is 0 Å². The van der Waals surface area contributed by atoms with Crippen molar-refractivity contribution in [1.82, 2.24) is 9.88 Å². The van der Waals surface area contributed by atoms with Gasteiger partial charge in [-0.3, -0.25) is 5.32 Å². The van der Waals surface area contributed by atoms with Crippen LogP contribution in [0.1, 0.15) is 31.1 Å². The number of hydrogen-bond donors (Lipinski definition) is 1. The summed E-state index contributed by atoms with van der Waals surface area (Å²) in [6.45, 7) is 7.06. The maximum absolute atomic E-state index is 11.8. The number of anilines is 1. The van der Waals surface area contributed by atoms with E-state index in [9.17, 15) is 9.59 Å². The maximum atomic E-state index is 11.8. The molecule has 19 heavy (non-hydrogen) atoms. The van der Waals surface area contributed by atoms with Crippen LogP contribution < -0.4 is 5.32 Å². The zero-order chi connectivity index (χ0) is 14.3. The maximum Gasteiger partial charge on any atom is 0.338 e. The van der Waals surface area contributed by atoms with E-state index in [0.717, 1.165) is 0 Å².